The van der Waals surface area contributed by atoms with Crippen LogP contribution >= 0.6 is 0 Å². The average Bonchev–Trinajstić information content (AvgIpc) is 3.36. The summed E-state index contributed by atoms with van der Waals surface area (Å²) in [6.45, 7) is 4.91. The molecule has 0 saturated carbocycles. The highest BCUT2D eigenvalue weighted by molar-refractivity contribution is 6.06. The van der Waals surface area contributed by atoms with E-state index in [1.165, 1.54) is 11.1 Å². The lowest BCUT2D eigenvalue weighted by Gasteiger charge is -2.10. The van der Waals surface area contributed by atoms with Gasteiger partial charge in [-0.05, 0) is 48.4 Å². The summed E-state index contributed by atoms with van der Waals surface area (Å²) in [6, 6.07) is 3.79. The first kappa shape index (κ1) is 15.4. The highest BCUT2D eigenvalue weighted by Gasteiger charge is 2.26. The fourth-order valence-corrected chi connectivity index (χ4v) is 3.91. The van der Waals surface area contributed by atoms with E-state index < -0.39 is 0 Å². The summed E-state index contributed by atoms with van der Waals surface area (Å²) in [6.07, 6.45) is 6.56. The molecular weight excluding hydrogens is 328 g/mol. The van der Waals surface area contributed by atoms with Gasteiger partial charge in [0.1, 0.15) is 17.6 Å². The van der Waals surface area contributed by atoms with Gasteiger partial charge in [0.05, 0.1) is 23.9 Å². The van der Waals surface area contributed by atoms with E-state index in [-0.39, 0.29) is 0 Å². The Hall–Kier alpha value is -2.89. The summed E-state index contributed by atoms with van der Waals surface area (Å²) >= 11 is 0. The molecule has 0 atom stereocenters. The van der Waals surface area contributed by atoms with Crippen LogP contribution in [0.1, 0.15) is 48.8 Å². The van der Waals surface area contributed by atoms with Crippen molar-refractivity contribution < 1.29 is 8.83 Å². The Bertz CT molecular complexity index is 1100. The van der Waals surface area contributed by atoms with E-state index in [0.29, 0.717) is 29.6 Å². The molecule has 6 heteroatoms. The number of pyridine rings is 1. The summed E-state index contributed by atoms with van der Waals surface area (Å²) in [5, 5.41) is 4.35. The molecule has 1 aliphatic rings. The van der Waals surface area contributed by atoms with Gasteiger partial charge in [0.2, 0.25) is 5.71 Å². The van der Waals surface area contributed by atoms with E-state index in [4.69, 9.17) is 13.8 Å². The van der Waals surface area contributed by atoms with Crippen molar-refractivity contribution in [2.45, 2.75) is 45.6 Å². The summed E-state index contributed by atoms with van der Waals surface area (Å²) in [5.74, 6) is 1.89. The first-order valence-corrected chi connectivity index (χ1v) is 9.07. The second-order valence-corrected chi connectivity index (χ2v) is 7.08. The molecule has 0 spiro atoms. The number of hydrogen-bond acceptors (Lipinski definition) is 6. The fraction of sp³-hybridized carbons (Fsp3) is 0.350. The van der Waals surface area contributed by atoms with E-state index in [2.05, 4.69) is 29.1 Å². The Kier molecular flexibility index (Phi) is 3.45. The zero-order valence-electron chi connectivity index (χ0n) is 14.9. The predicted octanol–water partition coefficient (Wildman–Crippen LogP) is 4.59. The number of aryl methyl sites for hydroxylation is 1. The highest BCUT2D eigenvalue weighted by Crippen LogP contribution is 2.39. The number of nitrogens with zero attached hydrogens (tertiary/aromatic N) is 3. The average molecular weight is 348 g/mol. The van der Waals surface area contributed by atoms with Crippen LogP contribution in [0, 0.1) is 0 Å². The lowest BCUT2D eigenvalue weighted by atomic mass is 9.99. The van der Waals surface area contributed by atoms with Crippen LogP contribution in [0.25, 0.3) is 22.2 Å². The molecule has 5 rings (SSSR count). The molecule has 0 saturated heterocycles. The van der Waals surface area contributed by atoms with Crippen LogP contribution in [-0.4, -0.2) is 15.0 Å². The smallest absolute Gasteiger partial charge is 0.229 e. The van der Waals surface area contributed by atoms with Crippen molar-refractivity contribution in [2.75, 3.05) is 5.32 Å². The van der Waals surface area contributed by atoms with Gasteiger partial charge in [-0.25, -0.2) is 15.0 Å². The predicted molar refractivity (Wildman–Crippen MR) is 99.3 cm³/mol. The Morgan fingerprint density at radius 1 is 1.19 bits per heavy atom. The van der Waals surface area contributed by atoms with Gasteiger partial charge in [-0.2, -0.15) is 0 Å². The van der Waals surface area contributed by atoms with Gasteiger partial charge in [-0.1, -0.05) is 13.8 Å². The molecule has 0 aliphatic heterocycles. The molecular formula is C20H20N4O2. The third-order valence-corrected chi connectivity index (χ3v) is 5.06. The maximum Gasteiger partial charge on any atom is 0.229 e. The van der Waals surface area contributed by atoms with Gasteiger partial charge in [0.25, 0.3) is 0 Å². The van der Waals surface area contributed by atoms with Crippen LogP contribution in [0.5, 0.6) is 0 Å². The maximum absolute atomic E-state index is 6.14. The SMILES string of the molecule is CC(C)c1nc2oc3c(NCc4ccco4)ncnc3c2c2c1CCC2. The molecule has 1 N–H and O–H groups in total. The minimum Gasteiger partial charge on any atom is -0.467 e. The molecule has 4 aromatic rings. The molecule has 0 bridgehead atoms. The Morgan fingerprint density at radius 3 is 2.88 bits per heavy atom. The van der Waals surface area contributed by atoms with Crippen LogP contribution in [0.2, 0.25) is 0 Å². The van der Waals surface area contributed by atoms with Crippen molar-refractivity contribution >= 4 is 28.0 Å². The maximum atomic E-state index is 6.14. The Morgan fingerprint density at radius 2 is 2.08 bits per heavy atom. The first-order chi connectivity index (χ1) is 12.7. The molecule has 132 valence electrons. The standard InChI is InChI=1S/C20H20N4O2/c1-11(2)16-14-7-3-6-13(14)15-17-18(26-20(15)24-16)19(23-10-22-17)21-9-12-5-4-8-25-12/h4-5,8,10-11H,3,6-7,9H2,1-2H3,(H,21,22,23). The molecule has 0 unspecified atom stereocenters. The van der Waals surface area contributed by atoms with E-state index in [0.717, 1.165) is 41.6 Å². The molecule has 4 heterocycles. The van der Waals surface area contributed by atoms with E-state index in [1.807, 2.05) is 12.1 Å². The number of hydrogen-bond donors (Lipinski definition) is 1. The van der Waals surface area contributed by atoms with Crippen LogP contribution in [0.15, 0.2) is 33.6 Å². The summed E-state index contributed by atoms with van der Waals surface area (Å²) in [4.78, 5) is 13.7. The highest BCUT2D eigenvalue weighted by atomic mass is 16.3. The van der Waals surface area contributed by atoms with E-state index in [9.17, 15) is 0 Å². The molecule has 6 nitrogen and oxygen atoms in total. The minimum absolute atomic E-state index is 0.377. The second-order valence-electron chi connectivity index (χ2n) is 7.08. The Balaban J connectivity index is 1.68. The van der Waals surface area contributed by atoms with Crippen molar-refractivity contribution in [1.29, 1.82) is 0 Å². The van der Waals surface area contributed by atoms with Gasteiger partial charge in [0.15, 0.2) is 11.4 Å². The number of aromatic nitrogens is 3. The summed E-state index contributed by atoms with van der Waals surface area (Å²) in [5.41, 5.74) is 6.08. The lowest BCUT2D eigenvalue weighted by Crippen LogP contribution is -2.01. The van der Waals surface area contributed by atoms with Crippen molar-refractivity contribution in [3.05, 3.63) is 47.3 Å². The number of anilines is 1. The van der Waals surface area contributed by atoms with Gasteiger partial charge < -0.3 is 14.2 Å². The summed E-state index contributed by atoms with van der Waals surface area (Å²) in [7, 11) is 0. The van der Waals surface area contributed by atoms with Crippen molar-refractivity contribution in [3.8, 4) is 0 Å². The zero-order valence-corrected chi connectivity index (χ0v) is 14.9. The quantitative estimate of drug-likeness (QED) is 0.581. The van der Waals surface area contributed by atoms with Crippen LogP contribution in [0.4, 0.5) is 5.82 Å². The van der Waals surface area contributed by atoms with Gasteiger partial charge in [-0.15, -0.1) is 0 Å². The molecule has 26 heavy (non-hydrogen) atoms. The number of fused-ring (bicyclic) bond motifs is 5. The van der Waals surface area contributed by atoms with Crippen LogP contribution < -0.4 is 5.32 Å². The molecule has 0 aromatic carbocycles. The summed E-state index contributed by atoms with van der Waals surface area (Å²) < 4.78 is 11.5. The zero-order chi connectivity index (χ0) is 17.7. The minimum atomic E-state index is 0.377. The van der Waals surface area contributed by atoms with Gasteiger partial charge in [0, 0.05) is 0 Å². The van der Waals surface area contributed by atoms with E-state index >= 15 is 0 Å². The largest absolute Gasteiger partial charge is 0.467 e. The lowest BCUT2D eigenvalue weighted by molar-refractivity contribution is 0.517. The van der Waals surface area contributed by atoms with Gasteiger partial charge in [-0.3, -0.25) is 0 Å². The number of rotatable bonds is 4. The van der Waals surface area contributed by atoms with E-state index in [1.54, 1.807) is 12.6 Å². The fourth-order valence-electron chi connectivity index (χ4n) is 3.91. The molecule has 0 radical (unpaired) electrons. The van der Waals surface area contributed by atoms with Crippen molar-refractivity contribution in [3.63, 3.8) is 0 Å². The topological polar surface area (TPSA) is 77.0 Å². The Labute approximate surface area is 150 Å². The van der Waals surface area contributed by atoms with Crippen LogP contribution in [0.3, 0.4) is 0 Å². The number of nitrogens with one attached hydrogen (secondary N) is 1. The third-order valence-electron chi connectivity index (χ3n) is 5.06. The molecule has 0 fully saturated rings. The van der Waals surface area contributed by atoms with Crippen molar-refractivity contribution in [1.82, 2.24) is 15.0 Å². The number of furan rings is 2. The molecule has 1 aliphatic carbocycles. The van der Waals surface area contributed by atoms with Gasteiger partial charge >= 0.3 is 0 Å². The van der Waals surface area contributed by atoms with Crippen molar-refractivity contribution in [2.24, 2.45) is 0 Å². The monoisotopic (exact) mass is 348 g/mol. The normalized spacial score (nSPS) is 13.8. The third kappa shape index (κ3) is 2.29. The first-order valence-electron chi connectivity index (χ1n) is 9.07. The molecule has 0 amide bonds. The molecule has 4 aromatic heterocycles. The van der Waals surface area contributed by atoms with Crippen LogP contribution in [-0.2, 0) is 19.4 Å². The second kappa shape index (κ2) is 5.83.